The molecule has 1 aromatic carbocycles. The van der Waals surface area contributed by atoms with E-state index in [9.17, 15) is 0 Å². The summed E-state index contributed by atoms with van der Waals surface area (Å²) in [5, 5.41) is 13.2. The molecule has 1 aliphatic heterocycles. The van der Waals surface area contributed by atoms with Crippen LogP contribution < -0.4 is 10.6 Å². The predicted molar refractivity (Wildman–Crippen MR) is 84.8 cm³/mol. The van der Waals surface area contributed by atoms with Crippen LogP contribution in [0.25, 0.3) is 10.9 Å². The van der Waals surface area contributed by atoms with Crippen molar-refractivity contribution >= 4 is 22.6 Å². The van der Waals surface area contributed by atoms with Gasteiger partial charge < -0.3 is 15.8 Å². The Morgan fingerprint density at radius 1 is 1.38 bits per heavy atom. The quantitative estimate of drug-likeness (QED) is 0.385. The van der Waals surface area contributed by atoms with Crippen LogP contribution in [0.15, 0.2) is 35.5 Å². The van der Waals surface area contributed by atoms with Crippen LogP contribution in [-0.4, -0.2) is 28.6 Å². The van der Waals surface area contributed by atoms with Crippen LogP contribution in [0.3, 0.4) is 0 Å². The molecule has 0 amide bonds. The van der Waals surface area contributed by atoms with Gasteiger partial charge in [-0.3, -0.25) is 0 Å². The molecule has 2 unspecified atom stereocenters. The van der Waals surface area contributed by atoms with Crippen molar-refractivity contribution < 1.29 is 5.21 Å². The molecule has 1 aliphatic rings. The van der Waals surface area contributed by atoms with Crippen LogP contribution >= 0.6 is 0 Å². The van der Waals surface area contributed by atoms with Gasteiger partial charge in [-0.1, -0.05) is 30.3 Å². The fourth-order valence-electron chi connectivity index (χ4n) is 3.16. The lowest BCUT2D eigenvalue weighted by Crippen LogP contribution is -2.30. The largest absolute Gasteiger partial charge is 0.409 e. The maximum absolute atomic E-state index is 9.06. The highest BCUT2D eigenvalue weighted by Crippen LogP contribution is 2.31. The number of oxime groups is 1. The first kappa shape index (κ1) is 13.7. The highest BCUT2D eigenvalue weighted by Gasteiger charge is 2.29. The molecule has 1 fully saturated rings. The Labute approximate surface area is 124 Å². The third kappa shape index (κ3) is 2.39. The van der Waals surface area contributed by atoms with Crippen molar-refractivity contribution in [2.75, 3.05) is 11.4 Å². The molecule has 0 spiro atoms. The summed E-state index contributed by atoms with van der Waals surface area (Å²) in [6.07, 6.45) is 1.13. The maximum Gasteiger partial charge on any atom is 0.173 e. The number of hydrogen-bond donors (Lipinski definition) is 2. The normalized spacial score (nSPS) is 23.0. The molecule has 0 bridgehead atoms. The van der Waals surface area contributed by atoms with Gasteiger partial charge in [0, 0.05) is 18.0 Å². The van der Waals surface area contributed by atoms with Crippen LogP contribution in [-0.2, 0) is 0 Å². The van der Waals surface area contributed by atoms with Gasteiger partial charge in [-0.25, -0.2) is 4.98 Å². The summed E-state index contributed by atoms with van der Waals surface area (Å²) in [7, 11) is 0. The summed E-state index contributed by atoms with van der Waals surface area (Å²) in [6.45, 7) is 5.37. The van der Waals surface area contributed by atoms with E-state index in [0.717, 1.165) is 29.7 Å². The van der Waals surface area contributed by atoms with Crippen LogP contribution in [0.1, 0.15) is 25.8 Å². The zero-order chi connectivity index (χ0) is 15.0. The van der Waals surface area contributed by atoms with Crippen LogP contribution in [0.5, 0.6) is 0 Å². The molecule has 0 radical (unpaired) electrons. The van der Waals surface area contributed by atoms with E-state index in [1.165, 1.54) is 0 Å². The molecule has 2 aromatic rings. The first-order chi connectivity index (χ1) is 10.1. The Morgan fingerprint density at radius 2 is 2.14 bits per heavy atom. The standard InChI is InChI=1S/C16H20N4O/c1-10-7-11(2)20(9-10)16-13(15(17)19-21)8-12-5-3-4-6-14(12)18-16/h3-6,8,10-11,21H,7,9H2,1-2H3,(H2,17,19). The molecule has 3 N–H and O–H groups in total. The number of para-hydroxylation sites is 1. The van der Waals surface area contributed by atoms with Gasteiger partial charge >= 0.3 is 0 Å². The average molecular weight is 284 g/mol. The number of nitrogens with two attached hydrogens (primary N) is 1. The number of fused-ring (bicyclic) bond motifs is 1. The van der Waals surface area contributed by atoms with Crippen molar-refractivity contribution in [1.29, 1.82) is 0 Å². The van der Waals surface area contributed by atoms with Gasteiger partial charge in [0.2, 0.25) is 0 Å². The molecule has 110 valence electrons. The van der Waals surface area contributed by atoms with E-state index < -0.39 is 0 Å². The Hall–Kier alpha value is -2.30. The van der Waals surface area contributed by atoms with Gasteiger partial charge in [0.1, 0.15) is 5.82 Å². The van der Waals surface area contributed by atoms with Gasteiger partial charge in [0.15, 0.2) is 5.84 Å². The minimum atomic E-state index is 0.106. The number of rotatable bonds is 2. The monoisotopic (exact) mass is 284 g/mol. The molecule has 3 rings (SSSR count). The van der Waals surface area contributed by atoms with Crippen molar-refractivity contribution in [3.05, 3.63) is 35.9 Å². The molecule has 0 aliphatic carbocycles. The highest BCUT2D eigenvalue weighted by atomic mass is 16.4. The molecule has 5 heteroatoms. The smallest absolute Gasteiger partial charge is 0.173 e. The fourth-order valence-corrected chi connectivity index (χ4v) is 3.16. The summed E-state index contributed by atoms with van der Waals surface area (Å²) in [4.78, 5) is 7.02. The SMILES string of the molecule is CC1CC(C)N(c2nc3ccccc3cc2/C(N)=N/O)C1. The Balaban J connectivity index is 2.19. The minimum Gasteiger partial charge on any atom is -0.409 e. The third-order valence-electron chi connectivity index (χ3n) is 4.14. The Kier molecular flexibility index (Phi) is 3.41. The number of anilines is 1. The van der Waals surface area contributed by atoms with Gasteiger partial charge in [-0.15, -0.1) is 0 Å². The second-order valence-electron chi connectivity index (χ2n) is 5.88. The van der Waals surface area contributed by atoms with Crippen molar-refractivity contribution in [1.82, 2.24) is 4.98 Å². The van der Waals surface area contributed by atoms with E-state index in [0.29, 0.717) is 17.5 Å². The van der Waals surface area contributed by atoms with E-state index >= 15 is 0 Å². The van der Waals surface area contributed by atoms with E-state index in [-0.39, 0.29) is 5.84 Å². The Bertz CT molecular complexity index is 698. The number of hydrogen-bond acceptors (Lipinski definition) is 4. The van der Waals surface area contributed by atoms with Gasteiger partial charge in [0.25, 0.3) is 0 Å². The van der Waals surface area contributed by atoms with Gasteiger partial charge in [-0.05, 0) is 31.4 Å². The maximum atomic E-state index is 9.06. The van der Waals surface area contributed by atoms with Gasteiger partial charge in [-0.2, -0.15) is 0 Å². The molecule has 21 heavy (non-hydrogen) atoms. The van der Waals surface area contributed by atoms with Gasteiger partial charge in [0.05, 0.1) is 11.1 Å². The number of aromatic nitrogens is 1. The predicted octanol–water partition coefficient (Wildman–Crippen LogP) is 2.56. The zero-order valence-electron chi connectivity index (χ0n) is 12.3. The van der Waals surface area contributed by atoms with E-state index in [1.54, 1.807) is 0 Å². The summed E-state index contributed by atoms with van der Waals surface area (Å²) in [5.74, 6) is 1.53. The third-order valence-corrected chi connectivity index (χ3v) is 4.14. The number of amidine groups is 1. The summed E-state index contributed by atoms with van der Waals surface area (Å²) in [5.41, 5.74) is 7.48. The zero-order valence-corrected chi connectivity index (χ0v) is 12.3. The summed E-state index contributed by atoms with van der Waals surface area (Å²) < 4.78 is 0. The number of nitrogens with zero attached hydrogens (tertiary/aromatic N) is 3. The first-order valence-corrected chi connectivity index (χ1v) is 7.24. The summed E-state index contributed by atoms with van der Waals surface area (Å²) in [6, 6.07) is 10.2. The molecule has 0 saturated carbocycles. The first-order valence-electron chi connectivity index (χ1n) is 7.24. The molecule has 5 nitrogen and oxygen atoms in total. The van der Waals surface area contributed by atoms with Crippen molar-refractivity contribution in [2.45, 2.75) is 26.3 Å². The minimum absolute atomic E-state index is 0.106. The molecular formula is C16H20N4O. The fraction of sp³-hybridized carbons (Fsp3) is 0.375. The molecule has 1 aromatic heterocycles. The Morgan fingerprint density at radius 3 is 2.81 bits per heavy atom. The van der Waals surface area contributed by atoms with Crippen molar-refractivity contribution in [3.63, 3.8) is 0 Å². The van der Waals surface area contributed by atoms with E-state index in [4.69, 9.17) is 15.9 Å². The summed E-state index contributed by atoms with van der Waals surface area (Å²) >= 11 is 0. The van der Waals surface area contributed by atoms with Crippen molar-refractivity contribution in [3.8, 4) is 0 Å². The van der Waals surface area contributed by atoms with Crippen LogP contribution in [0, 0.1) is 5.92 Å². The lowest BCUT2D eigenvalue weighted by Gasteiger charge is -2.25. The second-order valence-corrected chi connectivity index (χ2v) is 5.88. The average Bonchev–Trinajstić information content (AvgIpc) is 2.83. The lowest BCUT2D eigenvalue weighted by molar-refractivity contribution is 0.318. The van der Waals surface area contributed by atoms with Crippen molar-refractivity contribution in [2.24, 2.45) is 16.8 Å². The molecular weight excluding hydrogens is 264 g/mol. The number of benzene rings is 1. The van der Waals surface area contributed by atoms with Crippen LogP contribution in [0.2, 0.25) is 0 Å². The van der Waals surface area contributed by atoms with E-state index in [2.05, 4.69) is 23.9 Å². The molecule has 1 saturated heterocycles. The topological polar surface area (TPSA) is 74.7 Å². The molecule has 2 atom stereocenters. The second kappa shape index (κ2) is 5.24. The highest BCUT2D eigenvalue weighted by molar-refractivity contribution is 6.04. The lowest BCUT2D eigenvalue weighted by atomic mass is 10.1. The van der Waals surface area contributed by atoms with Crippen LogP contribution in [0.4, 0.5) is 5.82 Å². The number of pyridine rings is 1. The molecule has 2 heterocycles. The van der Waals surface area contributed by atoms with E-state index in [1.807, 2.05) is 30.3 Å².